The van der Waals surface area contributed by atoms with E-state index in [1.165, 1.54) is 0 Å². The molecule has 37 heavy (non-hydrogen) atoms. The van der Waals surface area contributed by atoms with Crippen molar-refractivity contribution in [2.45, 2.75) is 73.1 Å². The van der Waals surface area contributed by atoms with E-state index in [1.807, 2.05) is 0 Å². The first kappa shape index (κ1) is 30.6. The van der Waals surface area contributed by atoms with Gasteiger partial charge in [-0.15, -0.1) is 0 Å². The van der Waals surface area contributed by atoms with Crippen molar-refractivity contribution >= 4 is 6.29 Å². The van der Waals surface area contributed by atoms with Crippen LogP contribution < -0.4 is 11.5 Å². The van der Waals surface area contributed by atoms with Crippen LogP contribution in [0.5, 0.6) is 0 Å². The molecule has 3 saturated heterocycles. The molecule has 0 aromatic heterocycles. The normalized spacial score (nSPS) is 46.7. The monoisotopic (exact) mass is 540 g/mol. The van der Waals surface area contributed by atoms with Gasteiger partial charge in [-0.1, -0.05) is 0 Å². The van der Waals surface area contributed by atoms with Gasteiger partial charge in [0.25, 0.3) is 0 Å². The largest absolute Gasteiger partial charge is 0.394 e. The van der Waals surface area contributed by atoms with Crippen molar-refractivity contribution in [3.63, 3.8) is 0 Å². The molecule has 216 valence electrons. The van der Waals surface area contributed by atoms with E-state index < -0.39 is 105 Å². The highest BCUT2D eigenvalue weighted by Gasteiger charge is 2.46. The highest BCUT2D eigenvalue weighted by molar-refractivity contribution is 5.58. The van der Waals surface area contributed by atoms with Gasteiger partial charge in [-0.3, -0.25) is 0 Å². The Labute approximate surface area is 213 Å². The second kappa shape index (κ2) is 14.0. The van der Waals surface area contributed by atoms with Gasteiger partial charge < -0.3 is 75.7 Å². The zero-order valence-electron chi connectivity index (χ0n) is 20.3. The van der Waals surface area contributed by atoms with E-state index in [0.717, 1.165) is 0 Å². The van der Waals surface area contributed by atoms with Gasteiger partial charge in [-0.05, 0) is 0 Å². The van der Waals surface area contributed by atoms with Crippen LogP contribution in [0, 0.1) is 11.8 Å². The molecule has 3 heterocycles. The lowest BCUT2D eigenvalue weighted by Crippen LogP contribution is -2.63. The summed E-state index contributed by atoms with van der Waals surface area (Å²) in [6.45, 7) is -1.75. The molecular formula is C22H40N2O13. The number of nitrogens with two attached hydrogens (primary N) is 2. The second-order valence-corrected chi connectivity index (χ2v) is 9.77. The number of aldehydes is 1. The van der Waals surface area contributed by atoms with Gasteiger partial charge in [-0.25, -0.2) is 0 Å². The fourth-order valence-electron chi connectivity index (χ4n) is 5.03. The van der Waals surface area contributed by atoms with Gasteiger partial charge in [0.1, 0.15) is 24.4 Å². The van der Waals surface area contributed by atoms with E-state index in [2.05, 4.69) is 0 Å². The zero-order valence-corrected chi connectivity index (χ0v) is 20.3. The minimum atomic E-state index is -1.34. The average Bonchev–Trinajstić information content (AvgIpc) is 3.21. The Kier molecular flexibility index (Phi) is 11.6. The Hall–Kier alpha value is -0.890. The first-order chi connectivity index (χ1) is 17.7. The highest BCUT2D eigenvalue weighted by Crippen LogP contribution is 2.29. The Morgan fingerprint density at radius 2 is 1.05 bits per heavy atom. The predicted octanol–water partition coefficient (Wildman–Crippen LogP) is -6.17. The lowest BCUT2D eigenvalue weighted by molar-refractivity contribution is -0.211. The molecule has 0 aromatic carbocycles. The fourth-order valence-corrected chi connectivity index (χ4v) is 5.03. The first-order valence-corrected chi connectivity index (χ1v) is 12.3. The Morgan fingerprint density at radius 1 is 0.595 bits per heavy atom. The molecule has 5 unspecified atom stereocenters. The zero-order chi connectivity index (χ0) is 27.3. The van der Waals surface area contributed by atoms with Crippen LogP contribution in [-0.2, 0) is 28.5 Å². The molecule has 0 saturated carbocycles. The smallest absolute Gasteiger partial charge is 0.151 e. The summed E-state index contributed by atoms with van der Waals surface area (Å²) in [5.74, 6) is -1.38. The van der Waals surface area contributed by atoms with Gasteiger partial charge in [0.2, 0.25) is 0 Å². The average molecular weight is 541 g/mol. The minimum absolute atomic E-state index is 0.0627. The molecule has 14 atom stereocenters. The van der Waals surface area contributed by atoms with Crippen LogP contribution in [0.2, 0.25) is 0 Å². The molecule has 0 amide bonds. The van der Waals surface area contributed by atoms with E-state index in [0.29, 0.717) is 6.29 Å². The van der Waals surface area contributed by atoms with Crippen LogP contribution in [0.3, 0.4) is 0 Å². The standard InChI is InChI=1S/C22H40N2O13/c23-17-15(7-33-5-9-11(1-25)35-13(3-27)19(9)29)36-12(2-26)10(20(17)30)6-34-8-16-18(24)22(32)21(31)14(4-28)37-16/h3,9-22,25-26,28-32H,1-2,4-8,23-24H2/t9?,10-,11+,12?,13-,14?,15-,16-,17?,18?,19-,20-,21-,22+/m0/s1. The van der Waals surface area contributed by atoms with Crippen LogP contribution in [0.25, 0.3) is 0 Å². The summed E-state index contributed by atoms with van der Waals surface area (Å²) in [6, 6.07) is -1.89. The van der Waals surface area contributed by atoms with Crippen molar-refractivity contribution in [1.29, 1.82) is 0 Å². The SMILES string of the molecule is NC1[C@H](COC[C@H]2C(CO)O[C@@H](COCC3[C@@H](CO)O[C@@H](C=O)[C@H]3O)C(N)[C@H]2O)OC(CO)[C@H](O)[C@@H]1O. The molecule has 0 aliphatic carbocycles. The quantitative estimate of drug-likeness (QED) is 0.104. The summed E-state index contributed by atoms with van der Waals surface area (Å²) in [4.78, 5) is 11.0. The number of rotatable bonds is 12. The molecule has 0 spiro atoms. The van der Waals surface area contributed by atoms with Crippen LogP contribution in [0.4, 0.5) is 0 Å². The van der Waals surface area contributed by atoms with Crippen molar-refractivity contribution in [3.8, 4) is 0 Å². The van der Waals surface area contributed by atoms with Gasteiger partial charge >= 0.3 is 0 Å². The molecule has 0 radical (unpaired) electrons. The molecule has 15 heteroatoms. The summed E-state index contributed by atoms with van der Waals surface area (Å²) >= 11 is 0. The van der Waals surface area contributed by atoms with E-state index in [9.17, 15) is 40.5 Å². The third kappa shape index (κ3) is 6.82. The highest BCUT2D eigenvalue weighted by atomic mass is 16.6. The van der Waals surface area contributed by atoms with Gasteiger partial charge in [-0.2, -0.15) is 0 Å². The second-order valence-electron chi connectivity index (χ2n) is 9.77. The Morgan fingerprint density at radius 3 is 1.57 bits per heavy atom. The van der Waals surface area contributed by atoms with Crippen molar-refractivity contribution < 1.29 is 64.2 Å². The summed E-state index contributed by atoms with van der Waals surface area (Å²) < 4.78 is 27.9. The predicted molar refractivity (Wildman–Crippen MR) is 122 cm³/mol. The van der Waals surface area contributed by atoms with E-state index in [-0.39, 0.29) is 26.4 Å². The first-order valence-electron chi connectivity index (χ1n) is 12.3. The fraction of sp³-hybridized carbons (Fsp3) is 0.955. The number of hydrogen-bond acceptors (Lipinski definition) is 15. The summed E-state index contributed by atoms with van der Waals surface area (Å²) in [6.07, 6.45) is -9.87. The van der Waals surface area contributed by atoms with Crippen molar-refractivity contribution in [2.24, 2.45) is 23.3 Å². The lowest BCUT2D eigenvalue weighted by Gasteiger charge is -2.44. The topological polar surface area (TPSA) is 257 Å². The summed E-state index contributed by atoms with van der Waals surface area (Å²) in [5, 5.41) is 69.6. The molecule has 3 fully saturated rings. The Balaban J connectivity index is 1.50. The number of carbonyl (C=O) groups is 1. The molecule has 15 nitrogen and oxygen atoms in total. The number of aliphatic hydroxyl groups is 7. The maximum Gasteiger partial charge on any atom is 0.151 e. The lowest BCUT2D eigenvalue weighted by atomic mass is 9.86. The minimum Gasteiger partial charge on any atom is -0.394 e. The van der Waals surface area contributed by atoms with Crippen molar-refractivity contribution in [1.82, 2.24) is 0 Å². The Bertz CT molecular complexity index is 703. The number of carbonyl (C=O) groups excluding carboxylic acids is 1. The van der Waals surface area contributed by atoms with Crippen molar-refractivity contribution in [3.05, 3.63) is 0 Å². The van der Waals surface area contributed by atoms with Crippen LogP contribution in [0.15, 0.2) is 0 Å². The summed E-state index contributed by atoms with van der Waals surface area (Å²) in [7, 11) is 0. The van der Waals surface area contributed by atoms with Crippen LogP contribution >= 0.6 is 0 Å². The number of ether oxygens (including phenoxy) is 5. The molecule has 3 aliphatic heterocycles. The van der Waals surface area contributed by atoms with Crippen molar-refractivity contribution in [2.75, 3.05) is 46.2 Å². The molecule has 0 bridgehead atoms. The number of hydrogen-bond donors (Lipinski definition) is 9. The molecule has 0 aromatic rings. The van der Waals surface area contributed by atoms with E-state index >= 15 is 0 Å². The maximum absolute atomic E-state index is 11.0. The molecular weight excluding hydrogens is 500 g/mol. The third-order valence-electron chi connectivity index (χ3n) is 7.44. The molecule has 11 N–H and O–H groups in total. The van der Waals surface area contributed by atoms with Crippen LogP contribution in [0.1, 0.15) is 0 Å². The van der Waals surface area contributed by atoms with Gasteiger partial charge in [0.05, 0.1) is 95.0 Å². The van der Waals surface area contributed by atoms with E-state index in [4.69, 9.17) is 35.2 Å². The number of aliphatic hydroxyl groups excluding tert-OH is 7. The molecule has 3 aliphatic rings. The van der Waals surface area contributed by atoms with Gasteiger partial charge in [0.15, 0.2) is 6.29 Å². The maximum atomic E-state index is 11.0. The third-order valence-corrected chi connectivity index (χ3v) is 7.44. The van der Waals surface area contributed by atoms with Gasteiger partial charge in [0, 0.05) is 11.8 Å². The van der Waals surface area contributed by atoms with E-state index in [1.54, 1.807) is 0 Å². The van der Waals surface area contributed by atoms with Crippen LogP contribution in [-0.4, -0.2) is 161 Å². The molecule has 3 rings (SSSR count). The summed E-state index contributed by atoms with van der Waals surface area (Å²) in [5.41, 5.74) is 12.1.